The average Bonchev–Trinajstić information content (AvgIpc) is 2.80. The monoisotopic (exact) mass is 467 g/mol. The Labute approximate surface area is 199 Å². The van der Waals surface area contributed by atoms with Crippen LogP contribution in [-0.2, 0) is 0 Å². The first-order chi connectivity index (χ1) is 15.8. The normalized spacial score (nSPS) is 15.7. The first-order valence-corrected chi connectivity index (χ1v) is 12.0. The molecule has 0 spiro atoms. The summed E-state index contributed by atoms with van der Waals surface area (Å²) in [5.41, 5.74) is 8.45. The maximum Gasteiger partial charge on any atom is 0.150 e. The predicted molar refractivity (Wildman–Crippen MR) is 136 cm³/mol. The zero-order valence-corrected chi connectivity index (χ0v) is 20.3. The van der Waals surface area contributed by atoms with Crippen molar-refractivity contribution in [2.75, 3.05) is 30.6 Å². The number of benzene rings is 2. The molecule has 1 aliphatic heterocycles. The number of hydrogen-bond acceptors (Lipinski definition) is 8. The summed E-state index contributed by atoms with van der Waals surface area (Å²) < 4.78 is 3.22. The molecule has 0 amide bonds. The van der Waals surface area contributed by atoms with Gasteiger partial charge in [0.15, 0.2) is 0 Å². The molecule has 0 atom stereocenters. The Morgan fingerprint density at radius 3 is 2.55 bits per heavy atom. The molecule has 176 valence electrons. The fraction of sp³-hybridized carbons (Fsp3) is 0.400. The molecular weight excluding hydrogens is 434 g/mol. The highest BCUT2D eigenvalue weighted by Gasteiger charge is 2.31. The van der Waals surface area contributed by atoms with E-state index >= 15 is 0 Å². The van der Waals surface area contributed by atoms with Crippen molar-refractivity contribution in [3.05, 3.63) is 54.2 Å². The van der Waals surface area contributed by atoms with Crippen molar-refractivity contribution in [3.8, 4) is 0 Å². The van der Waals surface area contributed by atoms with Gasteiger partial charge in [-0.25, -0.2) is 4.98 Å². The van der Waals surface area contributed by atoms with E-state index in [1.807, 2.05) is 30.3 Å². The van der Waals surface area contributed by atoms with Gasteiger partial charge in [0.05, 0.1) is 22.2 Å². The first-order valence-electron chi connectivity index (χ1n) is 11.2. The molecule has 0 unspecified atom stereocenters. The number of nitrogen functional groups attached to an aromatic ring is 1. The van der Waals surface area contributed by atoms with Crippen molar-refractivity contribution in [1.82, 2.24) is 14.9 Å². The minimum absolute atomic E-state index is 0.360. The van der Waals surface area contributed by atoms with Crippen LogP contribution < -0.4 is 10.5 Å². The summed E-state index contributed by atoms with van der Waals surface area (Å²) >= 11 is 1.43. The quantitative estimate of drug-likeness (QED) is 0.356. The molecule has 0 aliphatic carbocycles. The zero-order valence-electron chi connectivity index (χ0n) is 19.5. The van der Waals surface area contributed by atoms with Gasteiger partial charge in [0.25, 0.3) is 0 Å². The van der Waals surface area contributed by atoms with Crippen molar-refractivity contribution in [2.24, 2.45) is 5.92 Å². The van der Waals surface area contributed by atoms with Gasteiger partial charge in [-0.05, 0) is 80.6 Å². The predicted octanol–water partition coefficient (Wildman–Crippen LogP) is 4.63. The molecule has 1 saturated heterocycles. The summed E-state index contributed by atoms with van der Waals surface area (Å²) in [4.78, 5) is 22.4. The van der Waals surface area contributed by atoms with E-state index in [1.165, 1.54) is 11.9 Å². The number of rotatable bonds is 6. The van der Waals surface area contributed by atoms with Crippen molar-refractivity contribution in [3.63, 3.8) is 0 Å². The van der Waals surface area contributed by atoms with Crippen LogP contribution in [0.25, 0.3) is 11.0 Å². The van der Waals surface area contributed by atoms with Crippen LogP contribution in [0.5, 0.6) is 0 Å². The summed E-state index contributed by atoms with van der Waals surface area (Å²) in [7, 11) is 2.12. The van der Waals surface area contributed by atoms with Crippen molar-refractivity contribution < 1.29 is 9.90 Å². The molecule has 0 saturated carbocycles. The van der Waals surface area contributed by atoms with Crippen LogP contribution in [0.4, 0.5) is 11.5 Å². The smallest absolute Gasteiger partial charge is 0.150 e. The Morgan fingerprint density at radius 1 is 1.21 bits per heavy atom. The van der Waals surface area contributed by atoms with Crippen LogP contribution in [0.2, 0.25) is 0 Å². The van der Waals surface area contributed by atoms with Gasteiger partial charge in [0, 0.05) is 24.3 Å². The highest BCUT2D eigenvalue weighted by atomic mass is 32.2. The number of anilines is 2. The molecule has 2 aromatic carbocycles. The number of likely N-dealkylation sites (tertiary alicyclic amines) is 1. The van der Waals surface area contributed by atoms with Gasteiger partial charge in [0.2, 0.25) is 0 Å². The molecule has 0 bridgehead atoms. The van der Waals surface area contributed by atoms with Gasteiger partial charge in [-0.15, -0.1) is 0 Å². The summed E-state index contributed by atoms with van der Waals surface area (Å²) in [6.45, 7) is 6.44. The molecule has 4 rings (SSSR count). The van der Waals surface area contributed by atoms with Crippen LogP contribution in [0, 0.1) is 5.92 Å². The zero-order chi connectivity index (χ0) is 23.8. The maximum atomic E-state index is 10.6. The molecule has 4 N–H and O–H groups in total. The minimum atomic E-state index is -0.360. The number of carbonyl (C=O) groups is 1. The molecular formula is C25H33N5O2S. The number of hydrogen-bond donors (Lipinski definition) is 3. The number of piperidine rings is 1. The Hall–Kier alpha value is -2.68. The number of nitrogens with one attached hydrogen (secondary N) is 1. The SMILES string of the molecule is CC(C)CC1(O)CCN(C)CC1.Nc1cnc2cccc(SNc3ccc(C=O)cc3)c2n1. The third kappa shape index (κ3) is 7.42. The number of aromatic nitrogens is 2. The van der Waals surface area contributed by atoms with E-state index in [0.29, 0.717) is 17.3 Å². The second-order valence-electron chi connectivity index (χ2n) is 8.99. The van der Waals surface area contributed by atoms with Crippen molar-refractivity contribution >= 4 is 40.8 Å². The first kappa shape index (κ1) is 25.0. The van der Waals surface area contributed by atoms with Gasteiger partial charge in [-0.3, -0.25) is 9.78 Å². The molecule has 0 radical (unpaired) electrons. The number of para-hydroxylation sites is 1. The topological polar surface area (TPSA) is 104 Å². The minimum Gasteiger partial charge on any atom is -0.390 e. The van der Waals surface area contributed by atoms with Crippen LogP contribution in [0.15, 0.2) is 53.6 Å². The second kappa shape index (κ2) is 11.4. The van der Waals surface area contributed by atoms with Crippen molar-refractivity contribution in [1.29, 1.82) is 0 Å². The van der Waals surface area contributed by atoms with Crippen LogP contribution in [0.1, 0.15) is 43.5 Å². The molecule has 2 heterocycles. The highest BCUT2D eigenvalue weighted by Crippen LogP contribution is 2.28. The van der Waals surface area contributed by atoms with Gasteiger partial charge < -0.3 is 20.5 Å². The second-order valence-corrected chi connectivity index (χ2v) is 9.84. The third-order valence-corrected chi connectivity index (χ3v) is 6.47. The van der Waals surface area contributed by atoms with Gasteiger partial charge >= 0.3 is 0 Å². The van der Waals surface area contributed by atoms with E-state index in [4.69, 9.17) is 5.73 Å². The van der Waals surface area contributed by atoms with Gasteiger partial charge in [0.1, 0.15) is 17.6 Å². The average molecular weight is 468 g/mol. The van der Waals surface area contributed by atoms with E-state index < -0.39 is 0 Å². The van der Waals surface area contributed by atoms with Crippen LogP contribution in [-0.4, -0.2) is 52.0 Å². The lowest BCUT2D eigenvalue weighted by molar-refractivity contribution is -0.0311. The Kier molecular flexibility index (Phi) is 8.66. The summed E-state index contributed by atoms with van der Waals surface area (Å²) in [5, 5.41) is 10.1. The Morgan fingerprint density at radius 2 is 1.91 bits per heavy atom. The molecule has 8 heteroatoms. The largest absolute Gasteiger partial charge is 0.390 e. The summed E-state index contributed by atoms with van der Waals surface area (Å²) in [5.74, 6) is 1.00. The van der Waals surface area contributed by atoms with Crippen LogP contribution in [0.3, 0.4) is 0 Å². The number of fused-ring (bicyclic) bond motifs is 1. The van der Waals surface area contributed by atoms with E-state index in [9.17, 15) is 9.90 Å². The summed E-state index contributed by atoms with van der Waals surface area (Å²) in [6.07, 6.45) is 5.21. The Balaban J connectivity index is 0.000000218. The molecule has 1 aliphatic rings. The van der Waals surface area contributed by atoms with Crippen LogP contribution >= 0.6 is 11.9 Å². The van der Waals surface area contributed by atoms with E-state index in [0.717, 1.165) is 60.3 Å². The van der Waals surface area contributed by atoms with Gasteiger partial charge in [-0.2, -0.15) is 0 Å². The third-order valence-electron chi connectivity index (χ3n) is 5.59. The molecule has 1 aromatic heterocycles. The molecule has 3 aromatic rings. The molecule has 1 fully saturated rings. The number of aliphatic hydroxyl groups is 1. The fourth-order valence-electron chi connectivity index (χ4n) is 3.85. The van der Waals surface area contributed by atoms with Gasteiger partial charge in [-0.1, -0.05) is 19.9 Å². The number of nitrogens with two attached hydrogens (primary N) is 1. The van der Waals surface area contributed by atoms with E-state index in [1.54, 1.807) is 18.3 Å². The number of aldehydes is 1. The number of carbonyl (C=O) groups excluding carboxylic acids is 1. The lowest BCUT2D eigenvalue weighted by Gasteiger charge is -2.37. The lowest BCUT2D eigenvalue weighted by atomic mass is 9.84. The maximum absolute atomic E-state index is 10.6. The molecule has 7 nitrogen and oxygen atoms in total. The Bertz CT molecular complexity index is 1050. The highest BCUT2D eigenvalue weighted by molar-refractivity contribution is 8.00. The van der Waals surface area contributed by atoms with E-state index in [2.05, 4.69) is 40.5 Å². The summed E-state index contributed by atoms with van der Waals surface area (Å²) in [6, 6.07) is 13.0. The van der Waals surface area contributed by atoms with E-state index in [-0.39, 0.29) is 5.60 Å². The lowest BCUT2D eigenvalue weighted by Crippen LogP contribution is -2.43. The fourth-order valence-corrected chi connectivity index (χ4v) is 4.60. The van der Waals surface area contributed by atoms with Crippen molar-refractivity contribution in [2.45, 2.75) is 43.6 Å². The molecule has 33 heavy (non-hydrogen) atoms. The number of nitrogens with zero attached hydrogens (tertiary/aromatic N) is 3. The standard InChI is InChI=1S/C15H12N4OS.C10H21NO/c16-14-8-17-12-2-1-3-13(15(12)18-14)21-19-11-6-4-10(9-20)5-7-11;1-9(2)8-10(12)4-6-11(3)7-5-10/h1-9,19H,(H2,16,18);9,12H,4-8H2,1-3H3.